The number of fused-ring (bicyclic) bond motifs is 1. The molecule has 2 aliphatic carbocycles. The van der Waals surface area contributed by atoms with E-state index in [4.69, 9.17) is 4.74 Å². The number of amides is 1. The van der Waals surface area contributed by atoms with Crippen molar-refractivity contribution in [2.24, 2.45) is 23.7 Å². The maximum Gasteiger partial charge on any atom is 0.310 e. The second-order valence-electron chi connectivity index (χ2n) is 6.16. The van der Waals surface area contributed by atoms with Gasteiger partial charge in [0.25, 0.3) is 0 Å². The van der Waals surface area contributed by atoms with Gasteiger partial charge in [-0.05, 0) is 17.9 Å². The summed E-state index contributed by atoms with van der Waals surface area (Å²) >= 11 is 3.62. The summed E-state index contributed by atoms with van der Waals surface area (Å²) in [5.74, 6) is -0.238. The van der Waals surface area contributed by atoms with Crippen LogP contribution in [-0.4, -0.2) is 22.8 Å². The first-order valence-corrected chi connectivity index (χ1v) is 8.24. The zero-order chi connectivity index (χ0) is 14.6. The van der Waals surface area contributed by atoms with Gasteiger partial charge in [-0.2, -0.15) is 0 Å². The molecule has 1 aliphatic heterocycles. The highest BCUT2D eigenvalue weighted by Crippen LogP contribution is 2.59. The van der Waals surface area contributed by atoms with E-state index in [2.05, 4.69) is 21.2 Å². The molecule has 1 heterocycles. The van der Waals surface area contributed by atoms with Crippen molar-refractivity contribution in [2.45, 2.75) is 23.9 Å². The Kier molecular flexibility index (Phi) is 3.06. The number of nitrogens with one attached hydrogen (secondary N) is 1. The van der Waals surface area contributed by atoms with Crippen LogP contribution < -0.4 is 5.32 Å². The molecule has 0 spiro atoms. The molecule has 3 aliphatic rings. The molecule has 4 nitrogen and oxygen atoms in total. The third-order valence-electron chi connectivity index (χ3n) is 5.14. The van der Waals surface area contributed by atoms with Crippen LogP contribution in [0.15, 0.2) is 30.3 Å². The van der Waals surface area contributed by atoms with Crippen molar-refractivity contribution >= 4 is 27.8 Å². The molecule has 5 heteroatoms. The molecule has 4 rings (SSSR count). The standard InChI is InChI=1S/C16H16BrNO3/c17-13-9-6-10-12(16(20)21-14(10)13)11(9)15(19)18-7-8-4-2-1-3-5-8/h1-5,9-14H,6-7H2,(H,18,19)/t9-,10+,11+,12+,13-,14+/m1/s1. The monoisotopic (exact) mass is 349 g/mol. The van der Waals surface area contributed by atoms with Crippen LogP contribution >= 0.6 is 15.9 Å². The molecule has 1 saturated heterocycles. The molecule has 0 radical (unpaired) electrons. The fraction of sp³-hybridized carbons (Fsp3) is 0.500. The Morgan fingerprint density at radius 2 is 2.05 bits per heavy atom. The van der Waals surface area contributed by atoms with E-state index in [9.17, 15) is 9.59 Å². The molecule has 1 aromatic carbocycles. The Bertz CT molecular complexity index is 590. The molecule has 110 valence electrons. The van der Waals surface area contributed by atoms with E-state index in [1.165, 1.54) is 0 Å². The first-order valence-electron chi connectivity index (χ1n) is 7.33. The van der Waals surface area contributed by atoms with Gasteiger partial charge in [-0.3, -0.25) is 9.59 Å². The summed E-state index contributed by atoms with van der Waals surface area (Å²) in [5.41, 5.74) is 1.07. The SMILES string of the molecule is O=C1O[C@@H]2[C@H](Br)[C@@H]3C[C@H]2[C@H]1[C@H]3C(=O)NCc1ccccc1. The number of ether oxygens (including phenoxy) is 1. The number of esters is 1. The van der Waals surface area contributed by atoms with Crippen LogP contribution in [0.3, 0.4) is 0 Å². The van der Waals surface area contributed by atoms with E-state index in [0.717, 1.165) is 12.0 Å². The number of carbonyl (C=O) groups excluding carboxylic acids is 2. The van der Waals surface area contributed by atoms with E-state index in [1.54, 1.807) is 0 Å². The fourth-order valence-electron chi connectivity index (χ4n) is 4.23. The van der Waals surface area contributed by atoms with Crippen LogP contribution in [0.2, 0.25) is 0 Å². The number of carbonyl (C=O) groups is 2. The summed E-state index contributed by atoms with van der Waals surface area (Å²) in [6.45, 7) is 0.506. The van der Waals surface area contributed by atoms with Gasteiger partial charge in [0.15, 0.2) is 0 Å². The fourth-order valence-corrected chi connectivity index (χ4v) is 5.28. The van der Waals surface area contributed by atoms with Crippen molar-refractivity contribution in [3.8, 4) is 0 Å². The van der Waals surface area contributed by atoms with Crippen LogP contribution in [-0.2, 0) is 20.9 Å². The average Bonchev–Trinajstić information content (AvgIpc) is 3.10. The molecule has 1 amide bonds. The van der Waals surface area contributed by atoms with Crippen LogP contribution in [0.1, 0.15) is 12.0 Å². The smallest absolute Gasteiger partial charge is 0.310 e. The summed E-state index contributed by atoms with van der Waals surface area (Å²) < 4.78 is 5.43. The summed E-state index contributed by atoms with van der Waals surface area (Å²) in [4.78, 5) is 24.7. The highest BCUT2D eigenvalue weighted by molar-refractivity contribution is 9.09. The van der Waals surface area contributed by atoms with Crippen molar-refractivity contribution in [1.82, 2.24) is 5.32 Å². The molecule has 3 fully saturated rings. The normalized spacial score (nSPS) is 39.4. The second kappa shape index (κ2) is 4.83. The second-order valence-corrected chi connectivity index (χ2v) is 7.22. The molecule has 2 bridgehead atoms. The lowest BCUT2D eigenvalue weighted by atomic mass is 9.79. The quantitative estimate of drug-likeness (QED) is 0.669. The van der Waals surface area contributed by atoms with Gasteiger partial charge >= 0.3 is 5.97 Å². The van der Waals surface area contributed by atoms with Crippen molar-refractivity contribution in [3.05, 3.63) is 35.9 Å². The van der Waals surface area contributed by atoms with E-state index in [-0.39, 0.29) is 46.5 Å². The summed E-state index contributed by atoms with van der Waals surface area (Å²) in [6, 6.07) is 9.81. The molecule has 0 unspecified atom stereocenters. The minimum Gasteiger partial charge on any atom is -0.461 e. The molecule has 0 aromatic heterocycles. The van der Waals surface area contributed by atoms with E-state index in [1.807, 2.05) is 30.3 Å². The number of hydrogen-bond acceptors (Lipinski definition) is 3. The van der Waals surface area contributed by atoms with Crippen molar-refractivity contribution in [2.75, 3.05) is 0 Å². The Hall–Kier alpha value is -1.36. The number of benzene rings is 1. The maximum absolute atomic E-state index is 12.5. The van der Waals surface area contributed by atoms with E-state index in [0.29, 0.717) is 6.54 Å². The van der Waals surface area contributed by atoms with Gasteiger partial charge in [0.2, 0.25) is 5.91 Å². The maximum atomic E-state index is 12.5. The molecule has 21 heavy (non-hydrogen) atoms. The lowest BCUT2D eigenvalue weighted by Crippen LogP contribution is -2.43. The number of alkyl halides is 1. The zero-order valence-electron chi connectivity index (χ0n) is 11.4. The van der Waals surface area contributed by atoms with Gasteiger partial charge < -0.3 is 10.1 Å². The van der Waals surface area contributed by atoms with Gasteiger partial charge in [0.05, 0.1) is 16.7 Å². The van der Waals surface area contributed by atoms with E-state index < -0.39 is 0 Å². The van der Waals surface area contributed by atoms with Crippen LogP contribution in [0, 0.1) is 23.7 Å². The summed E-state index contributed by atoms with van der Waals surface area (Å²) in [5, 5.41) is 2.98. The van der Waals surface area contributed by atoms with Gasteiger partial charge in [-0.1, -0.05) is 46.3 Å². The topological polar surface area (TPSA) is 55.4 Å². The Morgan fingerprint density at radius 3 is 2.81 bits per heavy atom. The summed E-state index contributed by atoms with van der Waals surface area (Å²) in [7, 11) is 0. The van der Waals surface area contributed by atoms with Gasteiger partial charge in [0.1, 0.15) is 6.10 Å². The molecular formula is C16H16BrNO3. The largest absolute Gasteiger partial charge is 0.461 e. The highest BCUT2D eigenvalue weighted by Gasteiger charge is 2.67. The van der Waals surface area contributed by atoms with Crippen molar-refractivity contribution < 1.29 is 14.3 Å². The highest BCUT2D eigenvalue weighted by atomic mass is 79.9. The molecular weight excluding hydrogens is 334 g/mol. The minimum absolute atomic E-state index is 0.0156. The molecule has 6 atom stereocenters. The first-order chi connectivity index (χ1) is 10.2. The Balaban J connectivity index is 1.49. The molecule has 1 aromatic rings. The van der Waals surface area contributed by atoms with E-state index >= 15 is 0 Å². The first kappa shape index (κ1) is 13.3. The predicted molar refractivity (Wildman–Crippen MR) is 79.5 cm³/mol. The lowest BCUT2D eigenvalue weighted by Gasteiger charge is -2.27. The van der Waals surface area contributed by atoms with Gasteiger partial charge in [-0.25, -0.2) is 0 Å². The van der Waals surface area contributed by atoms with Crippen LogP contribution in [0.25, 0.3) is 0 Å². The van der Waals surface area contributed by atoms with Gasteiger partial charge in [0, 0.05) is 12.5 Å². The minimum atomic E-state index is -0.241. The van der Waals surface area contributed by atoms with Crippen molar-refractivity contribution in [3.63, 3.8) is 0 Å². The lowest BCUT2D eigenvalue weighted by molar-refractivity contribution is -0.145. The Morgan fingerprint density at radius 1 is 1.29 bits per heavy atom. The number of hydrogen-bond donors (Lipinski definition) is 1. The van der Waals surface area contributed by atoms with Gasteiger partial charge in [-0.15, -0.1) is 0 Å². The number of halogens is 1. The van der Waals surface area contributed by atoms with Crippen LogP contribution in [0.4, 0.5) is 0 Å². The zero-order valence-corrected chi connectivity index (χ0v) is 13.0. The average molecular weight is 350 g/mol. The van der Waals surface area contributed by atoms with Crippen molar-refractivity contribution in [1.29, 1.82) is 0 Å². The van der Waals surface area contributed by atoms with Crippen LogP contribution in [0.5, 0.6) is 0 Å². The number of rotatable bonds is 3. The predicted octanol–water partition coefficient (Wildman–Crippen LogP) is 1.87. The third kappa shape index (κ3) is 1.94. The third-order valence-corrected chi connectivity index (χ3v) is 6.34. The summed E-state index contributed by atoms with van der Waals surface area (Å²) in [6.07, 6.45) is 0.895. The molecule has 2 saturated carbocycles. The Labute approximate surface area is 131 Å². The molecule has 1 N–H and O–H groups in total.